The number of hydrogen-bond donors (Lipinski definition) is 1. The lowest BCUT2D eigenvalue weighted by atomic mass is 10.0. The Labute approximate surface area is 109 Å². The molecule has 0 spiro atoms. The van der Waals surface area contributed by atoms with Crippen molar-refractivity contribution in [1.29, 1.82) is 0 Å². The van der Waals surface area contributed by atoms with Gasteiger partial charge in [0.2, 0.25) is 0 Å². The van der Waals surface area contributed by atoms with Gasteiger partial charge >= 0.3 is 0 Å². The van der Waals surface area contributed by atoms with Crippen molar-refractivity contribution in [3.63, 3.8) is 0 Å². The third-order valence-electron chi connectivity index (χ3n) is 2.90. The Morgan fingerprint density at radius 2 is 2.00 bits per heavy atom. The summed E-state index contributed by atoms with van der Waals surface area (Å²) < 4.78 is 2.51. The van der Waals surface area contributed by atoms with Crippen LogP contribution in [0.2, 0.25) is 0 Å². The van der Waals surface area contributed by atoms with Crippen LogP contribution in [0.3, 0.4) is 0 Å². The Morgan fingerprint density at radius 1 is 1.35 bits per heavy atom. The van der Waals surface area contributed by atoms with Gasteiger partial charge in [-0.3, -0.25) is 4.68 Å². The van der Waals surface area contributed by atoms with Gasteiger partial charge < -0.3 is 5.11 Å². The van der Waals surface area contributed by atoms with E-state index in [2.05, 4.69) is 28.0 Å². The lowest BCUT2D eigenvalue weighted by molar-refractivity contribution is 0.209. The van der Waals surface area contributed by atoms with E-state index in [0.29, 0.717) is 0 Å². The summed E-state index contributed by atoms with van der Waals surface area (Å²) in [7, 11) is 1.82. The second-order valence-electron chi connectivity index (χ2n) is 4.00. The van der Waals surface area contributed by atoms with E-state index < -0.39 is 6.10 Å². The fourth-order valence-electron chi connectivity index (χ4n) is 1.82. The fraction of sp³-hybridized carbons (Fsp3) is 0.308. The maximum atomic E-state index is 10.3. The molecule has 0 fully saturated rings. The fourth-order valence-corrected chi connectivity index (χ4v) is 2.39. The quantitative estimate of drug-likeness (QED) is 0.945. The molecule has 1 aromatic heterocycles. The van der Waals surface area contributed by atoms with Gasteiger partial charge in [0.05, 0.1) is 16.4 Å². The molecule has 1 heterocycles. The zero-order valence-electron chi connectivity index (χ0n) is 9.89. The molecule has 0 bridgehead atoms. The van der Waals surface area contributed by atoms with Crippen molar-refractivity contribution in [1.82, 2.24) is 9.78 Å². The number of aliphatic hydroxyl groups excluding tert-OH is 1. The number of halogens is 1. The van der Waals surface area contributed by atoms with Crippen molar-refractivity contribution >= 4 is 15.9 Å². The number of rotatable bonds is 3. The molecule has 4 heteroatoms. The van der Waals surface area contributed by atoms with E-state index in [9.17, 15) is 5.11 Å². The lowest BCUT2D eigenvalue weighted by Crippen LogP contribution is -2.07. The standard InChI is InChI=1S/C13H15BrN2O/c1-3-9-4-6-10(7-5-9)13(17)12-11(14)8-15-16(12)2/h4-8,13,17H,3H2,1-2H3. The predicted octanol–water partition coefficient (Wildman–Crippen LogP) is 2.83. The first-order chi connectivity index (χ1) is 8.13. The molecule has 1 atom stereocenters. The molecule has 1 N–H and O–H groups in total. The first kappa shape index (κ1) is 12.3. The highest BCUT2D eigenvalue weighted by Crippen LogP contribution is 2.27. The summed E-state index contributed by atoms with van der Waals surface area (Å²) in [6, 6.07) is 8.01. The van der Waals surface area contributed by atoms with E-state index >= 15 is 0 Å². The van der Waals surface area contributed by atoms with Crippen LogP contribution in [-0.4, -0.2) is 14.9 Å². The predicted molar refractivity (Wildman–Crippen MR) is 70.8 cm³/mol. The summed E-state index contributed by atoms with van der Waals surface area (Å²) in [6.45, 7) is 2.11. The van der Waals surface area contributed by atoms with Crippen molar-refractivity contribution in [2.24, 2.45) is 7.05 Å². The van der Waals surface area contributed by atoms with Gasteiger partial charge in [-0.1, -0.05) is 31.2 Å². The van der Waals surface area contributed by atoms with E-state index in [-0.39, 0.29) is 0 Å². The van der Waals surface area contributed by atoms with Crippen molar-refractivity contribution < 1.29 is 5.11 Å². The Kier molecular flexibility index (Phi) is 3.64. The van der Waals surface area contributed by atoms with Gasteiger partial charge in [0.1, 0.15) is 6.10 Å². The third-order valence-corrected chi connectivity index (χ3v) is 3.51. The number of aromatic nitrogens is 2. The third kappa shape index (κ3) is 2.42. The highest BCUT2D eigenvalue weighted by molar-refractivity contribution is 9.10. The first-order valence-electron chi connectivity index (χ1n) is 5.57. The normalized spacial score (nSPS) is 12.7. The van der Waals surface area contributed by atoms with Crippen molar-refractivity contribution in [2.45, 2.75) is 19.4 Å². The largest absolute Gasteiger partial charge is 0.382 e. The molecule has 0 radical (unpaired) electrons. The molecular weight excluding hydrogens is 280 g/mol. The van der Waals surface area contributed by atoms with Crippen LogP contribution >= 0.6 is 15.9 Å². The van der Waals surface area contributed by atoms with Crippen LogP contribution in [0, 0.1) is 0 Å². The zero-order chi connectivity index (χ0) is 12.4. The van der Waals surface area contributed by atoms with Crippen LogP contribution in [0.25, 0.3) is 0 Å². The highest BCUT2D eigenvalue weighted by atomic mass is 79.9. The van der Waals surface area contributed by atoms with Gasteiger partial charge in [-0.25, -0.2) is 0 Å². The Bertz CT molecular complexity index is 485. The van der Waals surface area contributed by atoms with Crippen molar-refractivity contribution in [2.75, 3.05) is 0 Å². The molecule has 0 aliphatic rings. The van der Waals surface area contributed by atoms with Crippen LogP contribution in [0.1, 0.15) is 29.8 Å². The smallest absolute Gasteiger partial charge is 0.122 e. The van der Waals surface area contributed by atoms with Crippen LogP contribution in [0.5, 0.6) is 0 Å². The second-order valence-corrected chi connectivity index (χ2v) is 4.85. The molecule has 0 saturated carbocycles. The molecule has 0 aliphatic heterocycles. The number of nitrogens with zero attached hydrogens (tertiary/aromatic N) is 2. The summed E-state index contributed by atoms with van der Waals surface area (Å²) in [5, 5.41) is 14.4. The average molecular weight is 295 g/mol. The van der Waals surface area contributed by atoms with E-state index in [1.54, 1.807) is 10.9 Å². The molecule has 17 heavy (non-hydrogen) atoms. The summed E-state index contributed by atoms with van der Waals surface area (Å²) >= 11 is 3.40. The van der Waals surface area contributed by atoms with Gasteiger partial charge in [-0.05, 0) is 33.5 Å². The van der Waals surface area contributed by atoms with Crippen LogP contribution in [0.4, 0.5) is 0 Å². The van der Waals surface area contributed by atoms with Gasteiger partial charge in [0, 0.05) is 7.05 Å². The average Bonchev–Trinajstić information content (AvgIpc) is 2.68. The van der Waals surface area contributed by atoms with Crippen LogP contribution in [-0.2, 0) is 13.5 Å². The van der Waals surface area contributed by atoms with Gasteiger partial charge in [0.15, 0.2) is 0 Å². The summed E-state index contributed by atoms with van der Waals surface area (Å²) in [5.74, 6) is 0. The molecule has 90 valence electrons. The summed E-state index contributed by atoms with van der Waals surface area (Å²) in [5.41, 5.74) is 2.92. The number of benzene rings is 1. The number of aliphatic hydroxyl groups is 1. The maximum absolute atomic E-state index is 10.3. The molecule has 0 amide bonds. The minimum absolute atomic E-state index is 0.650. The van der Waals surface area contributed by atoms with E-state index in [1.165, 1.54) is 5.56 Å². The Balaban J connectivity index is 2.33. The van der Waals surface area contributed by atoms with E-state index in [4.69, 9.17) is 0 Å². The van der Waals surface area contributed by atoms with Gasteiger partial charge in [-0.2, -0.15) is 5.10 Å². The topological polar surface area (TPSA) is 38.1 Å². The van der Waals surface area contributed by atoms with Crippen LogP contribution < -0.4 is 0 Å². The Morgan fingerprint density at radius 3 is 2.47 bits per heavy atom. The molecular formula is C13H15BrN2O. The SMILES string of the molecule is CCc1ccc(C(O)c2c(Br)cnn2C)cc1. The molecule has 1 aromatic carbocycles. The molecule has 0 aliphatic carbocycles. The Hall–Kier alpha value is -1.13. The number of aryl methyl sites for hydroxylation is 2. The highest BCUT2D eigenvalue weighted by Gasteiger charge is 2.17. The van der Waals surface area contributed by atoms with Gasteiger partial charge in [-0.15, -0.1) is 0 Å². The van der Waals surface area contributed by atoms with Crippen molar-refractivity contribution in [3.05, 3.63) is 51.8 Å². The number of hydrogen-bond acceptors (Lipinski definition) is 2. The molecule has 1 unspecified atom stereocenters. The molecule has 0 saturated heterocycles. The zero-order valence-corrected chi connectivity index (χ0v) is 11.5. The molecule has 3 nitrogen and oxygen atoms in total. The minimum atomic E-state index is -0.650. The summed E-state index contributed by atoms with van der Waals surface area (Å²) in [6.07, 6.45) is 2.05. The van der Waals surface area contributed by atoms with Crippen LogP contribution in [0.15, 0.2) is 34.9 Å². The summed E-state index contributed by atoms with van der Waals surface area (Å²) in [4.78, 5) is 0. The van der Waals surface area contributed by atoms with Gasteiger partial charge in [0.25, 0.3) is 0 Å². The first-order valence-corrected chi connectivity index (χ1v) is 6.37. The van der Waals surface area contributed by atoms with E-state index in [0.717, 1.165) is 22.2 Å². The second kappa shape index (κ2) is 5.02. The minimum Gasteiger partial charge on any atom is -0.382 e. The molecule has 2 aromatic rings. The maximum Gasteiger partial charge on any atom is 0.122 e. The van der Waals surface area contributed by atoms with Crippen molar-refractivity contribution in [3.8, 4) is 0 Å². The molecule has 2 rings (SSSR count). The monoisotopic (exact) mass is 294 g/mol. The lowest BCUT2D eigenvalue weighted by Gasteiger charge is -2.12. The van der Waals surface area contributed by atoms with E-state index in [1.807, 2.05) is 31.3 Å².